The molecule has 4 rings (SSSR count). The monoisotopic (exact) mass is 326 g/mol. The molecule has 0 bridgehead atoms. The molecule has 0 fully saturated rings. The van der Waals surface area contributed by atoms with Crippen LogP contribution in [-0.2, 0) is 0 Å². The molecule has 0 aliphatic heterocycles. The van der Waals surface area contributed by atoms with Crippen molar-refractivity contribution in [1.82, 2.24) is 29.7 Å². The summed E-state index contributed by atoms with van der Waals surface area (Å²) in [5, 5.41) is 10.2. The second-order valence-electron chi connectivity index (χ2n) is 5.24. The van der Waals surface area contributed by atoms with Crippen LogP contribution in [0.1, 0.15) is 29.7 Å². The Balaban J connectivity index is 1.84. The van der Waals surface area contributed by atoms with Crippen molar-refractivity contribution < 1.29 is 4.52 Å². The summed E-state index contributed by atoms with van der Waals surface area (Å²) >= 11 is 1.53. The van der Waals surface area contributed by atoms with Gasteiger partial charge in [-0.05, 0) is 26.0 Å². The number of thioether (sulfide) groups is 1. The predicted molar refractivity (Wildman–Crippen MR) is 86.3 cm³/mol. The molecule has 1 aromatic carbocycles. The van der Waals surface area contributed by atoms with Crippen LogP contribution in [0, 0.1) is 13.8 Å². The highest BCUT2D eigenvalue weighted by Gasteiger charge is 2.19. The summed E-state index contributed by atoms with van der Waals surface area (Å²) in [7, 11) is 0. The number of rotatable bonds is 3. The molecule has 0 N–H and O–H groups in total. The van der Waals surface area contributed by atoms with Crippen LogP contribution < -0.4 is 0 Å². The van der Waals surface area contributed by atoms with Crippen LogP contribution in [0.5, 0.6) is 0 Å². The third-order valence-electron chi connectivity index (χ3n) is 3.44. The maximum Gasteiger partial charge on any atom is 0.223 e. The van der Waals surface area contributed by atoms with Gasteiger partial charge in [0.05, 0.1) is 10.8 Å². The first-order valence-corrected chi connectivity index (χ1v) is 8.09. The first-order chi connectivity index (χ1) is 11.1. The van der Waals surface area contributed by atoms with Crippen molar-refractivity contribution in [2.75, 3.05) is 0 Å². The first-order valence-electron chi connectivity index (χ1n) is 7.21. The Labute approximate surface area is 136 Å². The molecule has 7 nitrogen and oxygen atoms in total. The highest BCUT2D eigenvalue weighted by Crippen LogP contribution is 2.33. The lowest BCUT2D eigenvalue weighted by atomic mass is 10.2. The SMILES string of the molecule is Cc1nc2c3ccccc3nc(SC(C)c3noc(C)n3)n2n1. The van der Waals surface area contributed by atoms with E-state index < -0.39 is 0 Å². The molecule has 0 saturated carbocycles. The summed E-state index contributed by atoms with van der Waals surface area (Å²) in [6.45, 7) is 5.67. The number of hydrogen-bond donors (Lipinski definition) is 0. The van der Waals surface area contributed by atoms with E-state index in [1.54, 1.807) is 11.4 Å². The van der Waals surface area contributed by atoms with Crippen LogP contribution in [0.15, 0.2) is 33.9 Å². The fourth-order valence-electron chi connectivity index (χ4n) is 2.40. The molecule has 1 unspecified atom stereocenters. The predicted octanol–water partition coefficient (Wildman–Crippen LogP) is 3.13. The molecule has 3 heterocycles. The van der Waals surface area contributed by atoms with Gasteiger partial charge >= 0.3 is 0 Å². The Bertz CT molecular complexity index is 1010. The number of hydrogen-bond acceptors (Lipinski definition) is 7. The average Bonchev–Trinajstić information content (AvgIpc) is 3.13. The van der Waals surface area contributed by atoms with Gasteiger partial charge in [0.1, 0.15) is 5.82 Å². The maximum absolute atomic E-state index is 5.06. The highest BCUT2D eigenvalue weighted by molar-refractivity contribution is 7.99. The standard InChI is InChI=1S/C15H14N6OS/c1-8(13-17-10(3)22-20-13)23-15-18-12-7-5-4-6-11(12)14-16-9(2)19-21(14)15/h4-8H,1-3H3. The summed E-state index contributed by atoms with van der Waals surface area (Å²) in [6, 6.07) is 7.93. The molecule has 23 heavy (non-hydrogen) atoms. The molecular weight excluding hydrogens is 312 g/mol. The zero-order chi connectivity index (χ0) is 16.0. The summed E-state index contributed by atoms with van der Waals surface area (Å²) in [5.74, 6) is 1.92. The third kappa shape index (κ3) is 2.44. The van der Waals surface area contributed by atoms with E-state index in [9.17, 15) is 0 Å². The van der Waals surface area contributed by atoms with E-state index in [0.29, 0.717) is 17.5 Å². The van der Waals surface area contributed by atoms with Crippen LogP contribution in [0.25, 0.3) is 16.6 Å². The summed E-state index contributed by atoms with van der Waals surface area (Å²) in [5.41, 5.74) is 1.71. The molecular formula is C15H14N6OS. The topological polar surface area (TPSA) is 82.0 Å². The molecule has 0 aliphatic rings. The van der Waals surface area contributed by atoms with E-state index in [2.05, 4.69) is 20.2 Å². The van der Waals surface area contributed by atoms with Crippen molar-refractivity contribution >= 4 is 28.3 Å². The van der Waals surface area contributed by atoms with Gasteiger partial charge in [0.15, 0.2) is 16.6 Å². The molecule has 116 valence electrons. The molecule has 3 aromatic heterocycles. The molecule has 0 amide bonds. The number of aryl methyl sites for hydroxylation is 2. The van der Waals surface area contributed by atoms with Gasteiger partial charge in [0.25, 0.3) is 0 Å². The van der Waals surface area contributed by atoms with Crippen LogP contribution in [0.4, 0.5) is 0 Å². The Morgan fingerprint density at radius 3 is 2.74 bits per heavy atom. The lowest BCUT2D eigenvalue weighted by Crippen LogP contribution is -2.01. The van der Waals surface area contributed by atoms with E-state index in [4.69, 9.17) is 9.51 Å². The van der Waals surface area contributed by atoms with Crippen molar-refractivity contribution in [2.24, 2.45) is 0 Å². The lowest BCUT2D eigenvalue weighted by molar-refractivity contribution is 0.387. The van der Waals surface area contributed by atoms with Crippen molar-refractivity contribution in [3.63, 3.8) is 0 Å². The van der Waals surface area contributed by atoms with Gasteiger partial charge in [0.2, 0.25) is 5.89 Å². The lowest BCUT2D eigenvalue weighted by Gasteiger charge is -2.09. The Morgan fingerprint density at radius 2 is 1.96 bits per heavy atom. The number of fused-ring (bicyclic) bond motifs is 3. The van der Waals surface area contributed by atoms with Crippen LogP contribution >= 0.6 is 11.8 Å². The van der Waals surface area contributed by atoms with Crippen molar-refractivity contribution in [3.05, 3.63) is 41.8 Å². The fraction of sp³-hybridized carbons (Fsp3) is 0.267. The minimum Gasteiger partial charge on any atom is -0.340 e. The van der Waals surface area contributed by atoms with Gasteiger partial charge < -0.3 is 4.52 Å². The van der Waals surface area contributed by atoms with Gasteiger partial charge in [-0.2, -0.15) is 9.50 Å². The van der Waals surface area contributed by atoms with Crippen LogP contribution in [-0.4, -0.2) is 29.7 Å². The average molecular weight is 326 g/mol. The summed E-state index contributed by atoms with van der Waals surface area (Å²) in [6.07, 6.45) is 0. The quantitative estimate of drug-likeness (QED) is 0.422. The van der Waals surface area contributed by atoms with Gasteiger partial charge in [-0.15, -0.1) is 5.10 Å². The summed E-state index contributed by atoms with van der Waals surface area (Å²) < 4.78 is 6.84. The number of para-hydroxylation sites is 1. The number of aromatic nitrogens is 6. The molecule has 4 aromatic rings. The molecule has 0 aliphatic carbocycles. The molecule has 0 radical (unpaired) electrons. The normalized spacial score (nSPS) is 13.0. The molecule has 0 spiro atoms. The zero-order valence-corrected chi connectivity index (χ0v) is 13.7. The second kappa shape index (κ2) is 5.31. The van der Waals surface area contributed by atoms with E-state index in [1.807, 2.05) is 38.1 Å². The van der Waals surface area contributed by atoms with Crippen LogP contribution in [0.2, 0.25) is 0 Å². The minimum absolute atomic E-state index is 0.00572. The third-order valence-corrected chi connectivity index (χ3v) is 4.48. The first kappa shape index (κ1) is 14.1. The second-order valence-corrected chi connectivity index (χ2v) is 6.55. The number of nitrogens with zero attached hydrogens (tertiary/aromatic N) is 6. The summed E-state index contributed by atoms with van der Waals surface area (Å²) in [4.78, 5) is 13.5. The van der Waals surface area contributed by atoms with E-state index in [1.165, 1.54) is 11.8 Å². The van der Waals surface area contributed by atoms with Gasteiger partial charge in [-0.3, -0.25) is 0 Å². The zero-order valence-electron chi connectivity index (χ0n) is 12.9. The van der Waals surface area contributed by atoms with E-state index in [0.717, 1.165) is 21.7 Å². The smallest absolute Gasteiger partial charge is 0.223 e. The van der Waals surface area contributed by atoms with Gasteiger partial charge in [-0.1, -0.05) is 29.1 Å². The molecule has 8 heteroatoms. The Morgan fingerprint density at radius 1 is 1.13 bits per heavy atom. The molecule has 1 atom stereocenters. The number of benzene rings is 1. The fourth-order valence-corrected chi connectivity index (χ4v) is 3.30. The van der Waals surface area contributed by atoms with Crippen molar-refractivity contribution in [3.8, 4) is 0 Å². The van der Waals surface area contributed by atoms with Crippen molar-refractivity contribution in [2.45, 2.75) is 31.2 Å². The highest BCUT2D eigenvalue weighted by atomic mass is 32.2. The Kier molecular flexibility index (Phi) is 3.26. The minimum atomic E-state index is -0.00572. The Hall–Kier alpha value is -2.48. The van der Waals surface area contributed by atoms with Gasteiger partial charge in [-0.25, -0.2) is 9.97 Å². The van der Waals surface area contributed by atoms with Crippen molar-refractivity contribution in [1.29, 1.82) is 0 Å². The van der Waals surface area contributed by atoms with Gasteiger partial charge in [0, 0.05) is 12.3 Å². The van der Waals surface area contributed by atoms with E-state index >= 15 is 0 Å². The largest absolute Gasteiger partial charge is 0.340 e. The van der Waals surface area contributed by atoms with E-state index in [-0.39, 0.29) is 5.25 Å². The molecule has 0 saturated heterocycles. The van der Waals surface area contributed by atoms with Crippen LogP contribution in [0.3, 0.4) is 0 Å². The maximum atomic E-state index is 5.06.